The molecule has 0 atom stereocenters. The molecular weight excluding hydrogens is 274 g/mol. The van der Waals surface area contributed by atoms with Crippen molar-refractivity contribution in [2.24, 2.45) is 0 Å². The van der Waals surface area contributed by atoms with E-state index >= 15 is 0 Å². The van der Waals surface area contributed by atoms with E-state index < -0.39 is 11.9 Å². The van der Waals surface area contributed by atoms with E-state index in [0.717, 1.165) is 0 Å². The van der Waals surface area contributed by atoms with Crippen LogP contribution < -0.4 is 0 Å². The first-order valence-electron chi connectivity index (χ1n) is 5.06. The zero-order chi connectivity index (χ0) is 14.0. The fourth-order valence-electron chi connectivity index (χ4n) is 1.39. The molecule has 0 aliphatic heterocycles. The summed E-state index contributed by atoms with van der Waals surface area (Å²) in [5.41, 5.74) is 0.469. The molecule has 0 aliphatic carbocycles. The molecule has 19 heavy (non-hydrogen) atoms. The number of aromatic carboxylic acids is 1. The van der Waals surface area contributed by atoms with Crippen molar-refractivity contribution in [3.63, 3.8) is 0 Å². The molecule has 2 aromatic rings. The fourth-order valence-corrected chi connectivity index (χ4v) is 1.65. The first kappa shape index (κ1) is 13.0. The van der Waals surface area contributed by atoms with Crippen LogP contribution in [0.1, 0.15) is 21.0 Å². The molecule has 7 nitrogen and oxygen atoms in total. The highest BCUT2D eigenvalue weighted by Crippen LogP contribution is 2.19. The van der Waals surface area contributed by atoms with E-state index in [0.29, 0.717) is 5.69 Å². The second-order valence-corrected chi connectivity index (χ2v) is 3.88. The van der Waals surface area contributed by atoms with Crippen LogP contribution in [0.15, 0.2) is 24.5 Å². The molecule has 1 N–H and O–H groups in total. The molecule has 0 spiro atoms. The Bertz CT molecular complexity index is 653. The van der Waals surface area contributed by atoms with Crippen molar-refractivity contribution in [1.82, 2.24) is 14.8 Å². The molecule has 2 rings (SSSR count). The van der Waals surface area contributed by atoms with Gasteiger partial charge < -0.3 is 9.84 Å². The summed E-state index contributed by atoms with van der Waals surface area (Å²) >= 11 is 5.84. The highest BCUT2D eigenvalue weighted by Gasteiger charge is 2.14. The second-order valence-electron chi connectivity index (χ2n) is 3.47. The first-order chi connectivity index (χ1) is 9.02. The van der Waals surface area contributed by atoms with Crippen molar-refractivity contribution in [3.8, 4) is 5.69 Å². The van der Waals surface area contributed by atoms with Crippen LogP contribution in [0.2, 0.25) is 5.02 Å². The van der Waals surface area contributed by atoms with Crippen molar-refractivity contribution in [2.75, 3.05) is 7.11 Å². The number of aromatic nitrogens is 3. The van der Waals surface area contributed by atoms with Crippen molar-refractivity contribution >= 4 is 23.5 Å². The van der Waals surface area contributed by atoms with Gasteiger partial charge in [-0.25, -0.2) is 19.3 Å². The largest absolute Gasteiger partial charge is 0.478 e. The molecule has 0 saturated heterocycles. The molecule has 8 heteroatoms. The molecular formula is C11H8ClN3O4. The molecule has 0 amide bonds. The third-order valence-corrected chi connectivity index (χ3v) is 2.62. The number of carbonyl (C=O) groups excluding carboxylic acids is 1. The Morgan fingerprint density at radius 3 is 2.74 bits per heavy atom. The van der Waals surface area contributed by atoms with Crippen molar-refractivity contribution in [2.45, 2.75) is 0 Å². The van der Waals surface area contributed by atoms with Gasteiger partial charge in [-0.15, -0.1) is 5.10 Å². The summed E-state index contributed by atoms with van der Waals surface area (Å²) in [6.07, 6.45) is 1.30. The molecule has 1 aromatic carbocycles. The summed E-state index contributed by atoms with van der Waals surface area (Å²) in [5, 5.41) is 12.8. The van der Waals surface area contributed by atoms with E-state index in [2.05, 4.69) is 14.8 Å². The second kappa shape index (κ2) is 5.07. The van der Waals surface area contributed by atoms with Gasteiger partial charge >= 0.3 is 11.9 Å². The predicted octanol–water partition coefficient (Wildman–Crippen LogP) is 1.41. The standard InChI is InChI=1S/C11H8ClN3O4/c1-19-11(18)9-13-5-15(14-9)6-2-3-7(10(16)17)8(12)4-6/h2-5H,1H3,(H,16,17). The predicted molar refractivity (Wildman–Crippen MR) is 64.7 cm³/mol. The Kier molecular flexibility index (Phi) is 3.48. The zero-order valence-corrected chi connectivity index (χ0v) is 10.5. The third kappa shape index (κ3) is 2.55. The van der Waals surface area contributed by atoms with Gasteiger partial charge in [-0.2, -0.15) is 0 Å². The Morgan fingerprint density at radius 1 is 1.42 bits per heavy atom. The average Bonchev–Trinajstić information content (AvgIpc) is 2.86. The van der Waals surface area contributed by atoms with Crippen LogP contribution in [0.25, 0.3) is 5.69 Å². The maximum atomic E-state index is 11.2. The number of carboxylic acids is 1. The summed E-state index contributed by atoms with van der Waals surface area (Å²) in [4.78, 5) is 25.8. The number of carbonyl (C=O) groups is 2. The van der Waals surface area contributed by atoms with Gasteiger partial charge in [0.1, 0.15) is 6.33 Å². The Balaban J connectivity index is 2.37. The molecule has 0 aliphatic rings. The molecule has 98 valence electrons. The number of rotatable bonds is 3. The summed E-state index contributed by atoms with van der Waals surface area (Å²) < 4.78 is 5.77. The molecule has 0 bridgehead atoms. The lowest BCUT2D eigenvalue weighted by atomic mass is 10.2. The van der Waals surface area contributed by atoms with Crippen molar-refractivity contribution < 1.29 is 19.4 Å². The number of carboxylic acid groups (broad SMARTS) is 1. The monoisotopic (exact) mass is 281 g/mol. The number of ether oxygens (including phenoxy) is 1. The van der Waals surface area contributed by atoms with Gasteiger partial charge in [0.15, 0.2) is 0 Å². The maximum Gasteiger partial charge on any atom is 0.377 e. The van der Waals surface area contributed by atoms with Gasteiger partial charge in [0.05, 0.1) is 23.4 Å². The molecule has 0 radical (unpaired) electrons. The van der Waals surface area contributed by atoms with E-state index in [1.54, 1.807) is 0 Å². The van der Waals surface area contributed by atoms with Gasteiger partial charge in [0, 0.05) is 0 Å². The summed E-state index contributed by atoms with van der Waals surface area (Å²) in [6, 6.07) is 4.27. The minimum absolute atomic E-state index is 0.0151. The third-order valence-electron chi connectivity index (χ3n) is 2.31. The maximum absolute atomic E-state index is 11.2. The number of hydrogen-bond donors (Lipinski definition) is 1. The van der Waals surface area contributed by atoms with Gasteiger partial charge in [-0.1, -0.05) is 11.6 Å². The SMILES string of the molecule is COC(=O)c1ncn(-c2ccc(C(=O)O)c(Cl)c2)n1. The average molecular weight is 282 g/mol. The van der Waals surface area contributed by atoms with E-state index in [4.69, 9.17) is 16.7 Å². The van der Waals surface area contributed by atoms with Gasteiger partial charge in [0.25, 0.3) is 5.82 Å². The van der Waals surface area contributed by atoms with Crippen LogP contribution in [-0.4, -0.2) is 38.9 Å². The quantitative estimate of drug-likeness (QED) is 0.855. The summed E-state index contributed by atoms with van der Waals surface area (Å²) in [7, 11) is 1.22. The van der Waals surface area contributed by atoms with Crippen LogP contribution in [0.3, 0.4) is 0 Å². The van der Waals surface area contributed by atoms with Gasteiger partial charge in [-0.05, 0) is 18.2 Å². The van der Waals surface area contributed by atoms with E-state index in [1.165, 1.54) is 36.3 Å². The molecule has 1 aromatic heterocycles. The van der Waals surface area contributed by atoms with Crippen LogP contribution in [0.4, 0.5) is 0 Å². The minimum Gasteiger partial charge on any atom is -0.478 e. The summed E-state index contributed by atoms with van der Waals surface area (Å²) in [5.74, 6) is -1.88. The molecule has 0 unspecified atom stereocenters. The number of esters is 1. The summed E-state index contributed by atoms with van der Waals surface area (Å²) in [6.45, 7) is 0. The lowest BCUT2D eigenvalue weighted by Crippen LogP contribution is -2.05. The van der Waals surface area contributed by atoms with E-state index in [1.807, 2.05) is 0 Å². The molecule has 0 fully saturated rings. The minimum atomic E-state index is -1.12. The number of hydrogen-bond acceptors (Lipinski definition) is 5. The fraction of sp³-hybridized carbons (Fsp3) is 0.0909. The number of nitrogens with zero attached hydrogens (tertiary/aromatic N) is 3. The molecule has 1 heterocycles. The van der Waals surface area contributed by atoms with Crippen LogP contribution in [-0.2, 0) is 4.74 Å². The van der Waals surface area contributed by atoms with Crippen LogP contribution >= 0.6 is 11.6 Å². The zero-order valence-electron chi connectivity index (χ0n) is 9.70. The Labute approximate surface area is 112 Å². The van der Waals surface area contributed by atoms with Gasteiger partial charge in [-0.3, -0.25) is 0 Å². The number of halogens is 1. The first-order valence-corrected chi connectivity index (χ1v) is 5.44. The van der Waals surface area contributed by atoms with Gasteiger partial charge in [0.2, 0.25) is 0 Å². The van der Waals surface area contributed by atoms with Crippen molar-refractivity contribution in [1.29, 1.82) is 0 Å². The Morgan fingerprint density at radius 2 is 2.16 bits per heavy atom. The van der Waals surface area contributed by atoms with E-state index in [-0.39, 0.29) is 16.4 Å². The van der Waals surface area contributed by atoms with E-state index in [9.17, 15) is 9.59 Å². The number of methoxy groups -OCH3 is 1. The topological polar surface area (TPSA) is 94.3 Å². The molecule has 0 saturated carbocycles. The van der Waals surface area contributed by atoms with Crippen molar-refractivity contribution in [3.05, 3.63) is 40.9 Å². The normalized spacial score (nSPS) is 10.2. The highest BCUT2D eigenvalue weighted by atomic mass is 35.5. The smallest absolute Gasteiger partial charge is 0.377 e. The number of benzene rings is 1. The van der Waals surface area contributed by atoms with Crippen LogP contribution in [0.5, 0.6) is 0 Å². The Hall–Kier alpha value is -2.41. The lowest BCUT2D eigenvalue weighted by molar-refractivity contribution is 0.0586. The van der Waals surface area contributed by atoms with Crippen LogP contribution in [0, 0.1) is 0 Å². The highest BCUT2D eigenvalue weighted by molar-refractivity contribution is 6.33. The lowest BCUT2D eigenvalue weighted by Gasteiger charge is -2.03.